The van der Waals surface area contributed by atoms with Crippen LogP contribution >= 0.6 is 0 Å². The highest BCUT2D eigenvalue weighted by Crippen LogP contribution is 2.22. The third-order valence-corrected chi connectivity index (χ3v) is 3.88. The fourth-order valence-electron chi connectivity index (χ4n) is 2.72. The maximum absolute atomic E-state index is 13.1. The number of aliphatic carboxylic acids is 1. The molecule has 2 atom stereocenters. The first-order valence-corrected chi connectivity index (χ1v) is 7.22. The van der Waals surface area contributed by atoms with E-state index in [0.29, 0.717) is 19.4 Å². The molecule has 0 spiro atoms. The Morgan fingerprint density at radius 1 is 1.41 bits per heavy atom. The van der Waals surface area contributed by atoms with E-state index >= 15 is 0 Å². The van der Waals surface area contributed by atoms with Crippen LogP contribution in [0, 0.1) is 11.7 Å². The minimum atomic E-state index is -1.02. The highest BCUT2D eigenvalue weighted by molar-refractivity contribution is 5.98. The third-order valence-electron chi connectivity index (χ3n) is 3.88. The van der Waals surface area contributed by atoms with Crippen molar-refractivity contribution in [2.24, 2.45) is 5.92 Å². The van der Waals surface area contributed by atoms with Crippen LogP contribution in [0.5, 0.6) is 0 Å². The number of hydrogen-bond donors (Lipinski definition) is 1. The van der Waals surface area contributed by atoms with Crippen molar-refractivity contribution in [3.63, 3.8) is 0 Å². The minimum absolute atomic E-state index is 0.0644. The lowest BCUT2D eigenvalue weighted by Gasteiger charge is -2.24. The fraction of sp³-hybridized carbons (Fsp3) is 0.438. The van der Waals surface area contributed by atoms with Gasteiger partial charge in [-0.3, -0.25) is 9.59 Å². The molecule has 0 bridgehead atoms. The number of halogens is 1. The lowest BCUT2D eigenvalue weighted by molar-refractivity contribution is -0.149. The lowest BCUT2D eigenvalue weighted by Crippen LogP contribution is -2.43. The van der Waals surface area contributed by atoms with Crippen molar-refractivity contribution in [1.82, 2.24) is 4.90 Å². The number of hydrogen-bond acceptors (Lipinski definition) is 3. The number of amides is 1. The number of carbonyl (C=O) groups is 3. The number of benzene rings is 1. The third kappa shape index (κ3) is 3.50. The van der Waals surface area contributed by atoms with Crippen molar-refractivity contribution in [3.8, 4) is 0 Å². The molecule has 1 N–H and O–H groups in total. The molecule has 0 radical (unpaired) electrons. The van der Waals surface area contributed by atoms with Gasteiger partial charge in [-0.05, 0) is 25.0 Å². The van der Waals surface area contributed by atoms with Gasteiger partial charge in [-0.1, -0.05) is 19.1 Å². The molecule has 0 aromatic heterocycles. The van der Waals surface area contributed by atoms with E-state index in [0.717, 1.165) is 6.07 Å². The van der Waals surface area contributed by atoms with Gasteiger partial charge in [0.25, 0.3) is 0 Å². The molecule has 1 heterocycles. The van der Waals surface area contributed by atoms with Crippen LogP contribution in [0.1, 0.15) is 36.5 Å². The molecule has 0 aliphatic carbocycles. The summed E-state index contributed by atoms with van der Waals surface area (Å²) in [4.78, 5) is 36.9. The number of likely N-dealkylation sites (tertiary alicyclic amines) is 1. The predicted octanol–water partition coefficient (Wildman–Crippen LogP) is 2.11. The second-order valence-electron chi connectivity index (χ2n) is 5.57. The van der Waals surface area contributed by atoms with E-state index in [2.05, 4.69) is 0 Å². The van der Waals surface area contributed by atoms with Gasteiger partial charge in [-0.25, -0.2) is 9.18 Å². The molecule has 1 aromatic rings. The zero-order chi connectivity index (χ0) is 16.3. The molecule has 6 heteroatoms. The summed E-state index contributed by atoms with van der Waals surface area (Å²) in [6.45, 7) is 1.99. The van der Waals surface area contributed by atoms with Gasteiger partial charge in [0.1, 0.15) is 11.9 Å². The molecular weight excluding hydrogens is 289 g/mol. The van der Waals surface area contributed by atoms with E-state index in [1.54, 1.807) is 6.92 Å². The summed E-state index contributed by atoms with van der Waals surface area (Å²) < 4.78 is 13.1. The van der Waals surface area contributed by atoms with Crippen LogP contribution in [0.3, 0.4) is 0 Å². The number of carboxylic acids is 1. The molecule has 1 saturated heterocycles. The second kappa shape index (κ2) is 6.68. The zero-order valence-corrected chi connectivity index (χ0v) is 12.3. The molecule has 22 heavy (non-hydrogen) atoms. The molecule has 1 fully saturated rings. The summed E-state index contributed by atoms with van der Waals surface area (Å²) in [5.41, 5.74) is 0.218. The number of Topliss-reactive ketones (excluding diaryl/α,β-unsaturated/α-hetero) is 1. The number of rotatable bonds is 5. The van der Waals surface area contributed by atoms with Gasteiger partial charge in [-0.15, -0.1) is 0 Å². The first kappa shape index (κ1) is 16.1. The summed E-state index contributed by atoms with van der Waals surface area (Å²) >= 11 is 0. The van der Waals surface area contributed by atoms with Gasteiger partial charge >= 0.3 is 5.97 Å². The highest BCUT2D eigenvalue weighted by atomic mass is 19.1. The minimum Gasteiger partial charge on any atom is -0.480 e. The van der Waals surface area contributed by atoms with Gasteiger partial charge in [0, 0.05) is 24.4 Å². The van der Waals surface area contributed by atoms with Crippen LogP contribution in [0.15, 0.2) is 24.3 Å². The molecule has 118 valence electrons. The van der Waals surface area contributed by atoms with Crippen molar-refractivity contribution < 1.29 is 23.9 Å². The Kier molecular flexibility index (Phi) is 4.90. The van der Waals surface area contributed by atoms with Gasteiger partial charge in [-0.2, -0.15) is 0 Å². The summed E-state index contributed by atoms with van der Waals surface area (Å²) in [5.74, 6) is -2.82. The van der Waals surface area contributed by atoms with Crippen molar-refractivity contribution in [2.75, 3.05) is 6.54 Å². The highest BCUT2D eigenvalue weighted by Gasteiger charge is 2.36. The second-order valence-corrected chi connectivity index (χ2v) is 5.57. The Morgan fingerprint density at radius 3 is 2.77 bits per heavy atom. The molecule has 5 nitrogen and oxygen atoms in total. The van der Waals surface area contributed by atoms with Gasteiger partial charge in [0.2, 0.25) is 5.91 Å². The predicted molar refractivity (Wildman–Crippen MR) is 76.9 cm³/mol. The first-order chi connectivity index (χ1) is 10.4. The Hall–Kier alpha value is -2.24. The van der Waals surface area contributed by atoms with Crippen molar-refractivity contribution in [2.45, 2.75) is 32.2 Å². The SMILES string of the molecule is C[C@@H](CC(=O)c1cccc(F)c1)C(=O)N1CCC[C@H]1C(=O)O. The smallest absolute Gasteiger partial charge is 0.326 e. The lowest BCUT2D eigenvalue weighted by atomic mass is 9.98. The summed E-state index contributed by atoms with van der Waals surface area (Å²) in [6.07, 6.45) is 1.02. The van der Waals surface area contributed by atoms with Crippen LogP contribution in [0.4, 0.5) is 4.39 Å². The summed E-state index contributed by atoms with van der Waals surface area (Å²) in [6, 6.07) is 4.51. The molecule has 1 amide bonds. The normalized spacial score (nSPS) is 19.0. The number of carboxylic acid groups (broad SMARTS) is 1. The topological polar surface area (TPSA) is 74.7 Å². The standard InChI is InChI=1S/C16H18FNO4/c1-10(8-14(19)11-4-2-5-12(17)9-11)15(20)18-7-3-6-13(18)16(21)22/h2,4-5,9-10,13H,3,6-8H2,1H3,(H,21,22)/t10-,13-/m0/s1. The summed E-state index contributed by atoms with van der Waals surface area (Å²) in [5, 5.41) is 9.10. The fourth-order valence-corrected chi connectivity index (χ4v) is 2.72. The van der Waals surface area contributed by atoms with Crippen LogP contribution in [-0.4, -0.2) is 40.3 Å². The average molecular weight is 307 g/mol. The quantitative estimate of drug-likeness (QED) is 0.845. The van der Waals surface area contributed by atoms with E-state index in [-0.39, 0.29) is 23.7 Å². The maximum atomic E-state index is 13.1. The van der Waals surface area contributed by atoms with Crippen molar-refractivity contribution >= 4 is 17.7 Å². The Labute approximate surface area is 127 Å². The first-order valence-electron chi connectivity index (χ1n) is 7.22. The Morgan fingerprint density at radius 2 is 2.14 bits per heavy atom. The zero-order valence-electron chi connectivity index (χ0n) is 12.3. The average Bonchev–Trinajstić information content (AvgIpc) is 2.95. The number of carbonyl (C=O) groups excluding carboxylic acids is 2. The largest absolute Gasteiger partial charge is 0.480 e. The molecule has 0 unspecified atom stereocenters. The molecular formula is C16H18FNO4. The van der Waals surface area contributed by atoms with Crippen molar-refractivity contribution in [3.05, 3.63) is 35.6 Å². The molecule has 2 rings (SSSR count). The van der Waals surface area contributed by atoms with Gasteiger partial charge in [0.05, 0.1) is 0 Å². The summed E-state index contributed by atoms with van der Waals surface area (Å²) in [7, 11) is 0. The van der Waals surface area contributed by atoms with Gasteiger partial charge < -0.3 is 10.0 Å². The Bertz CT molecular complexity index is 602. The molecule has 0 saturated carbocycles. The molecule has 1 aromatic carbocycles. The monoisotopic (exact) mass is 307 g/mol. The number of ketones is 1. The Balaban J connectivity index is 2.02. The van der Waals surface area contributed by atoms with E-state index in [9.17, 15) is 18.8 Å². The maximum Gasteiger partial charge on any atom is 0.326 e. The van der Waals surface area contributed by atoms with Gasteiger partial charge in [0.15, 0.2) is 5.78 Å². The van der Waals surface area contributed by atoms with E-state index in [1.165, 1.54) is 23.1 Å². The number of nitrogens with zero attached hydrogens (tertiary/aromatic N) is 1. The van der Waals surface area contributed by atoms with Crippen LogP contribution in [0.2, 0.25) is 0 Å². The van der Waals surface area contributed by atoms with E-state index in [4.69, 9.17) is 5.11 Å². The molecule has 1 aliphatic heterocycles. The van der Waals surface area contributed by atoms with E-state index < -0.39 is 23.7 Å². The molecule has 1 aliphatic rings. The van der Waals surface area contributed by atoms with Crippen LogP contribution < -0.4 is 0 Å². The van der Waals surface area contributed by atoms with E-state index in [1.807, 2.05) is 0 Å². The van der Waals surface area contributed by atoms with Crippen LogP contribution in [0.25, 0.3) is 0 Å². The van der Waals surface area contributed by atoms with Crippen molar-refractivity contribution in [1.29, 1.82) is 0 Å². The van der Waals surface area contributed by atoms with Crippen LogP contribution in [-0.2, 0) is 9.59 Å².